The third-order valence-electron chi connectivity index (χ3n) is 3.00. The zero-order valence-corrected chi connectivity index (χ0v) is 10.4. The number of hydrogen-bond donors (Lipinski definition) is 1. The highest BCUT2D eigenvalue weighted by atomic mass is 16.2. The van der Waals surface area contributed by atoms with Crippen LogP contribution >= 0.6 is 0 Å². The average molecular weight is 244 g/mol. The molecule has 0 unspecified atom stereocenters. The third kappa shape index (κ3) is 2.27. The monoisotopic (exact) mass is 244 g/mol. The van der Waals surface area contributed by atoms with Crippen molar-refractivity contribution in [1.82, 2.24) is 4.90 Å². The minimum atomic E-state index is -0.0404. The third-order valence-corrected chi connectivity index (χ3v) is 3.00. The van der Waals surface area contributed by atoms with E-state index in [0.29, 0.717) is 25.1 Å². The van der Waals surface area contributed by atoms with Crippen molar-refractivity contribution < 1.29 is 9.59 Å². The van der Waals surface area contributed by atoms with Crippen LogP contribution in [0.2, 0.25) is 0 Å². The van der Waals surface area contributed by atoms with Crippen LogP contribution in [0.15, 0.2) is 30.9 Å². The Bertz CT molecular complexity index is 509. The van der Waals surface area contributed by atoms with Gasteiger partial charge >= 0.3 is 0 Å². The van der Waals surface area contributed by atoms with E-state index in [-0.39, 0.29) is 11.8 Å². The first-order valence-electron chi connectivity index (χ1n) is 5.98. The molecule has 1 aromatic rings. The molecule has 4 heteroatoms. The van der Waals surface area contributed by atoms with Crippen molar-refractivity contribution in [3.63, 3.8) is 0 Å². The molecule has 0 saturated carbocycles. The molecule has 1 aliphatic heterocycles. The topological polar surface area (TPSA) is 49.4 Å². The molecule has 0 radical (unpaired) electrons. The van der Waals surface area contributed by atoms with Crippen LogP contribution in [0, 0.1) is 0 Å². The molecular formula is C14H16N2O2. The number of fused-ring (bicyclic) bond motifs is 1. The maximum Gasteiger partial charge on any atom is 0.254 e. The van der Waals surface area contributed by atoms with Gasteiger partial charge in [0.1, 0.15) is 0 Å². The zero-order valence-electron chi connectivity index (χ0n) is 10.4. The Morgan fingerprint density at radius 3 is 3.00 bits per heavy atom. The van der Waals surface area contributed by atoms with E-state index < -0.39 is 0 Å². The number of likely N-dealkylation sites (N-methyl/N-ethyl adjacent to an activating group) is 1. The summed E-state index contributed by atoms with van der Waals surface area (Å²) in [4.78, 5) is 25.2. The Morgan fingerprint density at radius 2 is 2.33 bits per heavy atom. The van der Waals surface area contributed by atoms with Gasteiger partial charge in [0.2, 0.25) is 5.91 Å². The number of nitrogens with zero attached hydrogens (tertiary/aromatic N) is 1. The Balaban J connectivity index is 2.24. The molecule has 0 fully saturated rings. The predicted octanol–water partition coefficient (Wildman–Crippen LogP) is 1.83. The first-order chi connectivity index (χ1) is 8.65. The lowest BCUT2D eigenvalue weighted by Gasteiger charge is -2.19. The smallest absolute Gasteiger partial charge is 0.254 e. The first kappa shape index (κ1) is 12.4. The summed E-state index contributed by atoms with van der Waals surface area (Å²) in [6, 6.07) is 5.35. The molecule has 1 aliphatic rings. The maximum atomic E-state index is 12.2. The number of rotatable bonds is 4. The van der Waals surface area contributed by atoms with Gasteiger partial charge in [0, 0.05) is 24.3 Å². The number of hydrogen-bond acceptors (Lipinski definition) is 2. The molecule has 2 rings (SSSR count). The van der Waals surface area contributed by atoms with Crippen LogP contribution in [0.3, 0.4) is 0 Å². The summed E-state index contributed by atoms with van der Waals surface area (Å²) in [5.74, 6) is -0.0608. The van der Waals surface area contributed by atoms with Crippen LogP contribution in [-0.4, -0.2) is 29.8 Å². The summed E-state index contributed by atoms with van der Waals surface area (Å²) in [5.41, 5.74) is 2.29. The molecule has 4 nitrogen and oxygen atoms in total. The van der Waals surface area contributed by atoms with Crippen molar-refractivity contribution in [3.05, 3.63) is 42.0 Å². The molecule has 1 N–H and O–H groups in total. The number of benzene rings is 1. The lowest BCUT2D eigenvalue weighted by atomic mass is 10.1. The van der Waals surface area contributed by atoms with Gasteiger partial charge in [-0.2, -0.15) is 0 Å². The number of carbonyl (C=O) groups excluding carboxylic acids is 2. The van der Waals surface area contributed by atoms with E-state index in [1.165, 1.54) is 0 Å². The SMILES string of the molecule is C=CCN(CC)C(=O)c1ccc2c(c1)NC(=O)C2. The molecule has 0 spiro atoms. The normalized spacial score (nSPS) is 12.8. The van der Waals surface area contributed by atoms with Crippen molar-refractivity contribution in [2.75, 3.05) is 18.4 Å². The number of nitrogens with one attached hydrogen (secondary N) is 1. The summed E-state index contributed by atoms with van der Waals surface area (Å²) in [6.07, 6.45) is 2.10. The number of anilines is 1. The minimum absolute atomic E-state index is 0.0203. The van der Waals surface area contributed by atoms with Crippen molar-refractivity contribution in [2.45, 2.75) is 13.3 Å². The van der Waals surface area contributed by atoms with Crippen molar-refractivity contribution >= 4 is 17.5 Å². The number of amides is 2. The predicted molar refractivity (Wildman–Crippen MR) is 70.6 cm³/mol. The van der Waals surface area contributed by atoms with Gasteiger partial charge in [-0.25, -0.2) is 0 Å². The van der Waals surface area contributed by atoms with Gasteiger partial charge in [-0.1, -0.05) is 12.1 Å². The molecule has 94 valence electrons. The highest BCUT2D eigenvalue weighted by molar-refractivity contribution is 6.02. The molecule has 0 aliphatic carbocycles. The van der Waals surface area contributed by atoms with Crippen LogP contribution in [-0.2, 0) is 11.2 Å². The van der Waals surface area contributed by atoms with E-state index in [4.69, 9.17) is 0 Å². The first-order valence-corrected chi connectivity index (χ1v) is 5.98. The van der Waals surface area contributed by atoms with Gasteiger partial charge in [0.25, 0.3) is 5.91 Å². The summed E-state index contributed by atoms with van der Waals surface area (Å²) in [5, 5.41) is 2.75. The lowest BCUT2D eigenvalue weighted by molar-refractivity contribution is -0.115. The molecule has 0 saturated heterocycles. The van der Waals surface area contributed by atoms with E-state index in [9.17, 15) is 9.59 Å². The Kier molecular flexibility index (Phi) is 3.46. The van der Waals surface area contributed by atoms with Gasteiger partial charge in [-0.15, -0.1) is 6.58 Å². The fraction of sp³-hybridized carbons (Fsp3) is 0.286. The van der Waals surface area contributed by atoms with E-state index in [2.05, 4.69) is 11.9 Å². The van der Waals surface area contributed by atoms with Crippen molar-refractivity contribution in [3.8, 4) is 0 Å². The van der Waals surface area contributed by atoms with Crippen LogP contribution in [0.25, 0.3) is 0 Å². The van der Waals surface area contributed by atoms with Gasteiger partial charge < -0.3 is 10.2 Å². The van der Waals surface area contributed by atoms with E-state index in [1.807, 2.05) is 13.0 Å². The summed E-state index contributed by atoms with van der Waals surface area (Å²) in [7, 11) is 0. The second-order valence-corrected chi connectivity index (χ2v) is 4.23. The van der Waals surface area contributed by atoms with Crippen LogP contribution in [0.1, 0.15) is 22.8 Å². The van der Waals surface area contributed by atoms with Crippen molar-refractivity contribution in [1.29, 1.82) is 0 Å². The van der Waals surface area contributed by atoms with Gasteiger partial charge in [0.05, 0.1) is 6.42 Å². The van der Waals surface area contributed by atoms with Gasteiger partial charge in [-0.05, 0) is 24.6 Å². The fourth-order valence-corrected chi connectivity index (χ4v) is 2.04. The molecule has 0 bridgehead atoms. The number of carbonyl (C=O) groups is 2. The van der Waals surface area contributed by atoms with Crippen LogP contribution in [0.5, 0.6) is 0 Å². The average Bonchev–Trinajstić information content (AvgIpc) is 2.74. The molecule has 1 aromatic carbocycles. The molecule has 18 heavy (non-hydrogen) atoms. The zero-order chi connectivity index (χ0) is 13.1. The summed E-state index contributed by atoms with van der Waals surface area (Å²) < 4.78 is 0. The molecule has 2 amide bonds. The van der Waals surface area contributed by atoms with Crippen LogP contribution < -0.4 is 5.32 Å². The van der Waals surface area contributed by atoms with Gasteiger partial charge in [-0.3, -0.25) is 9.59 Å². The summed E-state index contributed by atoms with van der Waals surface area (Å²) in [6.45, 7) is 6.73. The van der Waals surface area contributed by atoms with E-state index in [1.54, 1.807) is 23.1 Å². The quantitative estimate of drug-likeness (QED) is 0.821. The van der Waals surface area contributed by atoms with Gasteiger partial charge in [0.15, 0.2) is 0 Å². The highest BCUT2D eigenvalue weighted by Crippen LogP contribution is 2.24. The molecule has 1 heterocycles. The minimum Gasteiger partial charge on any atom is -0.335 e. The van der Waals surface area contributed by atoms with Crippen molar-refractivity contribution in [2.24, 2.45) is 0 Å². The standard InChI is InChI=1S/C14H16N2O2/c1-3-7-16(4-2)14(18)11-6-5-10-9-13(17)15-12(10)8-11/h3,5-6,8H,1,4,7,9H2,2H3,(H,15,17). The Labute approximate surface area is 106 Å². The summed E-state index contributed by atoms with van der Waals surface area (Å²) >= 11 is 0. The van der Waals surface area contributed by atoms with Crippen LogP contribution in [0.4, 0.5) is 5.69 Å². The Hall–Kier alpha value is -2.10. The van der Waals surface area contributed by atoms with E-state index in [0.717, 1.165) is 11.3 Å². The second-order valence-electron chi connectivity index (χ2n) is 4.23. The molecule has 0 aromatic heterocycles. The second kappa shape index (κ2) is 5.04. The largest absolute Gasteiger partial charge is 0.335 e. The maximum absolute atomic E-state index is 12.2. The Morgan fingerprint density at radius 1 is 1.56 bits per heavy atom. The highest BCUT2D eigenvalue weighted by Gasteiger charge is 2.20. The molecular weight excluding hydrogens is 228 g/mol. The van der Waals surface area contributed by atoms with E-state index >= 15 is 0 Å². The molecule has 0 atom stereocenters. The fourth-order valence-electron chi connectivity index (χ4n) is 2.04. The lowest BCUT2D eigenvalue weighted by Crippen LogP contribution is -2.30.